The van der Waals surface area contributed by atoms with Crippen LogP contribution in [0.1, 0.15) is 34.7 Å². The molecule has 0 spiro atoms. The SMILES string of the molecule is Cc1ccc(CNC(=O)c2cccc(N/C(N)=C/C=C(\N)C3CCN(C)CC3)c2)o1. The first-order valence-electron chi connectivity index (χ1n) is 10.2. The number of anilines is 1. The lowest BCUT2D eigenvalue weighted by Crippen LogP contribution is -2.32. The first kappa shape index (κ1) is 21.5. The van der Waals surface area contributed by atoms with Crippen molar-refractivity contribution in [3.63, 3.8) is 0 Å². The Hall–Kier alpha value is -3.19. The number of aryl methyl sites for hydroxylation is 1. The Kier molecular flexibility index (Phi) is 7.19. The fourth-order valence-electron chi connectivity index (χ4n) is 3.46. The molecule has 2 aromatic rings. The number of hydrogen-bond donors (Lipinski definition) is 4. The van der Waals surface area contributed by atoms with Crippen LogP contribution in [0.4, 0.5) is 5.69 Å². The van der Waals surface area contributed by atoms with Crippen molar-refractivity contribution in [2.45, 2.75) is 26.3 Å². The highest BCUT2D eigenvalue weighted by Gasteiger charge is 2.18. The molecule has 1 fully saturated rings. The van der Waals surface area contributed by atoms with E-state index in [4.69, 9.17) is 15.9 Å². The Morgan fingerprint density at radius 1 is 1.20 bits per heavy atom. The summed E-state index contributed by atoms with van der Waals surface area (Å²) >= 11 is 0. The van der Waals surface area contributed by atoms with E-state index in [9.17, 15) is 4.79 Å². The van der Waals surface area contributed by atoms with Crippen LogP contribution in [0.2, 0.25) is 0 Å². The van der Waals surface area contributed by atoms with Gasteiger partial charge < -0.3 is 31.4 Å². The molecule has 1 aromatic carbocycles. The van der Waals surface area contributed by atoms with Crippen LogP contribution in [0.5, 0.6) is 0 Å². The Morgan fingerprint density at radius 3 is 2.67 bits per heavy atom. The van der Waals surface area contributed by atoms with Gasteiger partial charge in [0.2, 0.25) is 0 Å². The number of carbonyl (C=O) groups is 1. The van der Waals surface area contributed by atoms with Gasteiger partial charge in [-0.3, -0.25) is 4.79 Å². The molecule has 1 aliphatic rings. The maximum atomic E-state index is 12.4. The molecule has 2 heterocycles. The summed E-state index contributed by atoms with van der Waals surface area (Å²) in [6.07, 6.45) is 5.78. The molecule has 1 aromatic heterocycles. The lowest BCUT2D eigenvalue weighted by atomic mass is 9.94. The zero-order valence-electron chi connectivity index (χ0n) is 17.7. The lowest BCUT2D eigenvalue weighted by Gasteiger charge is -2.29. The first-order valence-corrected chi connectivity index (χ1v) is 10.2. The Bertz CT molecular complexity index is 923. The summed E-state index contributed by atoms with van der Waals surface area (Å²) in [5.41, 5.74) is 14.5. The van der Waals surface area contributed by atoms with Gasteiger partial charge in [-0.1, -0.05) is 6.07 Å². The lowest BCUT2D eigenvalue weighted by molar-refractivity contribution is 0.0948. The van der Waals surface area contributed by atoms with Gasteiger partial charge in [-0.15, -0.1) is 0 Å². The summed E-state index contributed by atoms with van der Waals surface area (Å²) in [7, 11) is 2.13. The standard InChI is InChI=1S/C23H31N5O2/c1-16-6-7-20(30-16)15-26-23(29)18-4-3-5-19(14-18)27-22(25)9-8-21(24)17-10-12-28(2)13-11-17/h3-9,14,17,27H,10-13,15,24-25H2,1-2H3,(H,26,29)/b21-8-,22-9+. The summed E-state index contributed by atoms with van der Waals surface area (Å²) in [4.78, 5) is 14.7. The average molecular weight is 410 g/mol. The molecule has 6 N–H and O–H groups in total. The van der Waals surface area contributed by atoms with Crippen LogP contribution in [0.25, 0.3) is 0 Å². The molecule has 0 atom stereocenters. The highest BCUT2D eigenvalue weighted by atomic mass is 16.3. The third kappa shape index (κ3) is 6.15. The molecule has 7 nitrogen and oxygen atoms in total. The van der Waals surface area contributed by atoms with Gasteiger partial charge in [-0.25, -0.2) is 0 Å². The number of likely N-dealkylation sites (tertiary alicyclic amines) is 1. The molecular weight excluding hydrogens is 378 g/mol. The molecule has 1 amide bonds. The number of benzene rings is 1. The summed E-state index contributed by atoms with van der Waals surface area (Å²) in [6, 6.07) is 10.9. The number of nitrogens with one attached hydrogen (secondary N) is 2. The van der Waals surface area contributed by atoms with Crippen LogP contribution >= 0.6 is 0 Å². The van der Waals surface area contributed by atoms with E-state index in [0.29, 0.717) is 23.8 Å². The molecule has 0 saturated carbocycles. The van der Waals surface area contributed by atoms with Crippen LogP contribution in [0.3, 0.4) is 0 Å². The quantitative estimate of drug-likeness (QED) is 0.524. The van der Waals surface area contributed by atoms with E-state index in [0.717, 1.165) is 48.8 Å². The molecular formula is C23H31N5O2. The molecule has 7 heteroatoms. The number of nitrogens with two attached hydrogens (primary N) is 2. The predicted octanol–water partition coefficient (Wildman–Crippen LogP) is 2.91. The highest BCUT2D eigenvalue weighted by Crippen LogP contribution is 2.21. The van der Waals surface area contributed by atoms with Crippen molar-refractivity contribution in [1.29, 1.82) is 0 Å². The molecule has 160 valence electrons. The molecule has 3 rings (SSSR count). The zero-order chi connectivity index (χ0) is 21.5. The maximum Gasteiger partial charge on any atom is 0.251 e. The van der Waals surface area contributed by atoms with E-state index in [1.54, 1.807) is 18.2 Å². The fraction of sp³-hybridized carbons (Fsp3) is 0.348. The van der Waals surface area contributed by atoms with Crippen molar-refractivity contribution >= 4 is 11.6 Å². The third-order valence-corrected chi connectivity index (χ3v) is 5.28. The first-order chi connectivity index (χ1) is 14.4. The van der Waals surface area contributed by atoms with Crippen LogP contribution in [-0.4, -0.2) is 30.9 Å². The number of nitrogens with zero attached hydrogens (tertiary/aromatic N) is 1. The highest BCUT2D eigenvalue weighted by molar-refractivity contribution is 5.95. The molecule has 0 aliphatic carbocycles. The molecule has 1 saturated heterocycles. The number of hydrogen-bond acceptors (Lipinski definition) is 6. The smallest absolute Gasteiger partial charge is 0.251 e. The molecule has 30 heavy (non-hydrogen) atoms. The number of piperidine rings is 1. The summed E-state index contributed by atoms with van der Waals surface area (Å²) in [5.74, 6) is 2.22. The average Bonchev–Trinajstić information content (AvgIpc) is 3.16. The van der Waals surface area contributed by atoms with Crippen molar-refractivity contribution in [2.24, 2.45) is 17.4 Å². The largest absolute Gasteiger partial charge is 0.465 e. The van der Waals surface area contributed by atoms with E-state index in [2.05, 4.69) is 22.6 Å². The molecule has 0 unspecified atom stereocenters. The second-order valence-corrected chi connectivity index (χ2v) is 7.77. The van der Waals surface area contributed by atoms with Crippen LogP contribution < -0.4 is 22.1 Å². The maximum absolute atomic E-state index is 12.4. The van der Waals surface area contributed by atoms with Crippen LogP contribution in [-0.2, 0) is 6.54 Å². The molecule has 0 radical (unpaired) electrons. The van der Waals surface area contributed by atoms with E-state index >= 15 is 0 Å². The van der Waals surface area contributed by atoms with Gasteiger partial charge >= 0.3 is 0 Å². The van der Waals surface area contributed by atoms with Gasteiger partial charge in [-0.05, 0) is 82.4 Å². The Labute approximate surface area is 177 Å². The number of rotatable bonds is 7. The fourth-order valence-corrected chi connectivity index (χ4v) is 3.46. The molecule has 1 aliphatic heterocycles. The Balaban J connectivity index is 1.56. The molecule has 0 bridgehead atoms. The van der Waals surface area contributed by atoms with E-state index in [-0.39, 0.29) is 5.91 Å². The summed E-state index contributed by atoms with van der Waals surface area (Å²) in [6.45, 7) is 4.33. The van der Waals surface area contributed by atoms with E-state index < -0.39 is 0 Å². The van der Waals surface area contributed by atoms with E-state index in [1.165, 1.54) is 0 Å². The minimum absolute atomic E-state index is 0.179. The zero-order valence-corrected chi connectivity index (χ0v) is 17.7. The monoisotopic (exact) mass is 409 g/mol. The van der Waals surface area contributed by atoms with Crippen molar-refractivity contribution in [3.8, 4) is 0 Å². The second kappa shape index (κ2) is 10.0. The van der Waals surface area contributed by atoms with E-state index in [1.807, 2.05) is 37.3 Å². The van der Waals surface area contributed by atoms with Gasteiger partial charge in [0, 0.05) is 22.9 Å². The summed E-state index contributed by atoms with van der Waals surface area (Å²) < 4.78 is 5.47. The van der Waals surface area contributed by atoms with Crippen molar-refractivity contribution in [1.82, 2.24) is 10.2 Å². The predicted molar refractivity (Wildman–Crippen MR) is 119 cm³/mol. The number of furan rings is 1. The van der Waals surface area contributed by atoms with Gasteiger partial charge in [0.1, 0.15) is 17.3 Å². The van der Waals surface area contributed by atoms with Gasteiger partial charge in [0.25, 0.3) is 5.91 Å². The normalized spacial score (nSPS) is 16.5. The summed E-state index contributed by atoms with van der Waals surface area (Å²) in [5, 5.41) is 5.96. The van der Waals surface area contributed by atoms with Gasteiger partial charge in [0.05, 0.1) is 6.54 Å². The minimum Gasteiger partial charge on any atom is -0.465 e. The third-order valence-electron chi connectivity index (χ3n) is 5.28. The van der Waals surface area contributed by atoms with Crippen LogP contribution in [0.15, 0.2) is 64.5 Å². The number of amides is 1. The van der Waals surface area contributed by atoms with Crippen molar-refractivity contribution < 1.29 is 9.21 Å². The van der Waals surface area contributed by atoms with Crippen LogP contribution in [0, 0.1) is 12.8 Å². The minimum atomic E-state index is -0.179. The topological polar surface area (TPSA) is 110 Å². The Morgan fingerprint density at radius 2 is 1.97 bits per heavy atom. The van der Waals surface area contributed by atoms with Gasteiger partial charge in [0.15, 0.2) is 0 Å². The number of allylic oxidation sites excluding steroid dienone is 3. The number of carbonyl (C=O) groups excluding carboxylic acids is 1. The second-order valence-electron chi connectivity index (χ2n) is 7.77. The van der Waals surface area contributed by atoms with Crippen molar-refractivity contribution in [2.75, 3.05) is 25.5 Å². The van der Waals surface area contributed by atoms with Crippen molar-refractivity contribution in [3.05, 3.63) is 77.2 Å². The van der Waals surface area contributed by atoms with Gasteiger partial charge in [-0.2, -0.15) is 0 Å².